The molecule has 0 spiro atoms. The number of aromatic nitrogens is 1. The minimum Gasteiger partial charge on any atom is -0.554 e. The first-order valence-corrected chi connectivity index (χ1v) is 13.5. The number of ether oxygens (including phenoxy) is 1. The van der Waals surface area contributed by atoms with Crippen LogP contribution >= 0.6 is 0 Å². The van der Waals surface area contributed by atoms with Crippen LogP contribution in [0.15, 0.2) is 95.5 Å². The molecular formula is C32H33FN2O5. The number of carbonyl (C=O) groups excluding carboxylic acids is 1. The number of quaternary nitrogens is 1. The van der Waals surface area contributed by atoms with Crippen LogP contribution < -0.4 is 5.11 Å². The minimum absolute atomic E-state index is 0.138. The Labute approximate surface area is 233 Å². The summed E-state index contributed by atoms with van der Waals surface area (Å²) in [5.74, 6) is 1.36. The fourth-order valence-corrected chi connectivity index (χ4v) is 6.11. The summed E-state index contributed by atoms with van der Waals surface area (Å²) in [6, 6.07) is 25.7. The van der Waals surface area contributed by atoms with Crippen LogP contribution in [0.2, 0.25) is 0 Å². The van der Waals surface area contributed by atoms with Crippen LogP contribution in [0.3, 0.4) is 0 Å². The highest BCUT2D eigenvalue weighted by molar-refractivity contribution is 5.41. The summed E-state index contributed by atoms with van der Waals surface area (Å²) in [6.07, 6.45) is 4.11. The van der Waals surface area contributed by atoms with Gasteiger partial charge in [0.1, 0.15) is 25.0 Å². The number of carboxylic acid groups (broad SMARTS) is 1. The molecule has 3 saturated heterocycles. The maximum absolute atomic E-state index is 13.6. The predicted octanol–water partition coefficient (Wildman–Crippen LogP) is 3.79. The molecule has 3 aliphatic rings. The van der Waals surface area contributed by atoms with E-state index in [2.05, 4.69) is 4.98 Å². The third-order valence-electron chi connectivity index (χ3n) is 8.13. The largest absolute Gasteiger partial charge is 0.554 e. The van der Waals surface area contributed by atoms with Gasteiger partial charge in [-0.3, -0.25) is 0 Å². The van der Waals surface area contributed by atoms with Gasteiger partial charge in [0.2, 0.25) is 5.89 Å². The molecule has 8 heteroatoms. The Balaban J connectivity index is 0.00000103. The molecule has 4 aromatic rings. The van der Waals surface area contributed by atoms with E-state index in [1.165, 1.54) is 6.07 Å². The molecule has 0 amide bonds. The van der Waals surface area contributed by atoms with Crippen LogP contribution in [0.25, 0.3) is 0 Å². The van der Waals surface area contributed by atoms with E-state index < -0.39 is 12.1 Å². The zero-order chi connectivity index (χ0) is 28.0. The molecule has 0 radical (unpaired) electrons. The molecule has 1 atom stereocenters. The average Bonchev–Trinajstić information content (AvgIpc) is 3.46. The molecule has 0 saturated carbocycles. The molecule has 1 aromatic heterocycles. The molecule has 2 bridgehead atoms. The first-order chi connectivity index (χ1) is 19.5. The highest BCUT2D eigenvalue weighted by atomic mass is 19.1. The third kappa shape index (κ3) is 5.84. The summed E-state index contributed by atoms with van der Waals surface area (Å²) in [6.45, 7) is 3.67. The number of piperidine rings is 3. The molecular weight excluding hydrogens is 511 g/mol. The van der Waals surface area contributed by atoms with Crippen LogP contribution in [0, 0.1) is 11.7 Å². The molecule has 208 valence electrons. The Hall–Kier alpha value is -3.85. The van der Waals surface area contributed by atoms with Crippen molar-refractivity contribution >= 4 is 6.47 Å². The Bertz CT molecular complexity index is 1350. The fourth-order valence-electron chi connectivity index (χ4n) is 6.11. The van der Waals surface area contributed by atoms with Crippen molar-refractivity contribution in [3.05, 3.63) is 125 Å². The van der Waals surface area contributed by atoms with Gasteiger partial charge in [0.05, 0.1) is 25.9 Å². The van der Waals surface area contributed by atoms with Crippen molar-refractivity contribution in [2.24, 2.45) is 5.92 Å². The van der Waals surface area contributed by atoms with Gasteiger partial charge in [0, 0.05) is 25.2 Å². The Morgan fingerprint density at radius 1 is 1.02 bits per heavy atom. The van der Waals surface area contributed by atoms with Gasteiger partial charge >= 0.3 is 0 Å². The summed E-state index contributed by atoms with van der Waals surface area (Å²) in [4.78, 5) is 12.8. The second-order valence-corrected chi connectivity index (χ2v) is 10.6. The highest BCUT2D eigenvalue weighted by Gasteiger charge is 2.47. The van der Waals surface area contributed by atoms with E-state index in [0.717, 1.165) is 48.3 Å². The summed E-state index contributed by atoms with van der Waals surface area (Å²) in [7, 11) is 0. The monoisotopic (exact) mass is 544 g/mol. The van der Waals surface area contributed by atoms with Crippen LogP contribution in [-0.2, 0) is 28.3 Å². The lowest BCUT2D eigenvalue weighted by molar-refractivity contribution is -0.959. The number of aliphatic hydroxyl groups is 1. The standard InChI is InChI=1S/C31H32FN2O3.CH2O2/c32-27-13-7-8-23(18-27)22-36-29-21-34(16-14-24(29)15-17-34)20-28-19-33-30(37-28)31(35,25-9-3-1-4-10-25)26-11-5-2-6-12-26;2-1-3/h1-13,18-19,24,29,35H,14-17,20-22H2;1H,(H,2,3)/q+1;/p-1/t24?,29-,34?;/m0./s1. The van der Waals surface area contributed by atoms with Gasteiger partial charge in [-0.2, -0.15) is 0 Å². The maximum atomic E-state index is 13.6. The Morgan fingerprint density at radius 3 is 2.25 bits per heavy atom. The molecule has 3 fully saturated rings. The number of hydrogen-bond acceptors (Lipinski definition) is 6. The lowest BCUT2D eigenvalue weighted by Gasteiger charge is -2.52. The maximum Gasteiger partial charge on any atom is 0.236 e. The molecule has 7 nitrogen and oxygen atoms in total. The van der Waals surface area contributed by atoms with Crippen molar-refractivity contribution in [1.82, 2.24) is 4.98 Å². The zero-order valence-electron chi connectivity index (χ0n) is 22.2. The van der Waals surface area contributed by atoms with Gasteiger partial charge < -0.3 is 28.6 Å². The highest BCUT2D eigenvalue weighted by Crippen LogP contribution is 2.39. The minimum atomic E-state index is -1.48. The van der Waals surface area contributed by atoms with Crippen LogP contribution in [-0.4, -0.2) is 46.8 Å². The van der Waals surface area contributed by atoms with Gasteiger partial charge in [-0.1, -0.05) is 72.8 Å². The van der Waals surface area contributed by atoms with Crippen molar-refractivity contribution in [3.63, 3.8) is 0 Å². The lowest BCUT2D eigenvalue weighted by atomic mass is 9.83. The third-order valence-corrected chi connectivity index (χ3v) is 8.13. The van der Waals surface area contributed by atoms with E-state index in [1.807, 2.05) is 66.7 Å². The molecule has 3 aliphatic heterocycles. The fraction of sp³-hybridized carbons (Fsp3) is 0.312. The van der Waals surface area contributed by atoms with Gasteiger partial charge in [-0.25, -0.2) is 9.37 Å². The molecule has 3 aromatic carbocycles. The topological polar surface area (TPSA) is 95.6 Å². The summed E-state index contributed by atoms with van der Waals surface area (Å²) >= 11 is 0. The number of benzene rings is 3. The van der Waals surface area contributed by atoms with Gasteiger partial charge in [0.15, 0.2) is 11.4 Å². The first-order valence-electron chi connectivity index (χ1n) is 13.5. The number of rotatable bonds is 8. The van der Waals surface area contributed by atoms with Crippen LogP contribution in [0.4, 0.5) is 4.39 Å². The number of halogens is 1. The number of fused-ring (bicyclic) bond motifs is 3. The van der Waals surface area contributed by atoms with Crippen molar-refractivity contribution in [2.45, 2.75) is 37.7 Å². The van der Waals surface area contributed by atoms with E-state index in [-0.39, 0.29) is 17.8 Å². The van der Waals surface area contributed by atoms with E-state index >= 15 is 0 Å². The van der Waals surface area contributed by atoms with Gasteiger partial charge in [-0.05, 0) is 28.8 Å². The average molecular weight is 545 g/mol. The smallest absolute Gasteiger partial charge is 0.236 e. The predicted molar refractivity (Wildman–Crippen MR) is 144 cm³/mol. The second-order valence-electron chi connectivity index (χ2n) is 10.6. The number of oxazole rings is 1. The zero-order valence-corrected chi connectivity index (χ0v) is 22.2. The van der Waals surface area contributed by atoms with E-state index in [4.69, 9.17) is 19.1 Å². The van der Waals surface area contributed by atoms with Crippen molar-refractivity contribution in [3.8, 4) is 0 Å². The molecule has 40 heavy (non-hydrogen) atoms. The lowest BCUT2D eigenvalue weighted by Crippen LogP contribution is -2.63. The molecule has 4 heterocycles. The SMILES string of the molecule is O=C[O-].OC(c1ccccc1)(c1ccccc1)c1ncc(C[N+]23CCC(CC2)[C@@H](OCc2cccc(F)c2)C3)o1. The number of hydrogen-bond donors (Lipinski definition) is 1. The van der Waals surface area contributed by atoms with Crippen LogP contribution in [0.1, 0.15) is 41.2 Å². The summed E-state index contributed by atoms with van der Waals surface area (Å²) in [5.41, 5.74) is 0.813. The van der Waals surface area contributed by atoms with Gasteiger partial charge in [0.25, 0.3) is 0 Å². The Kier molecular flexibility index (Phi) is 8.40. The molecule has 1 N–H and O–H groups in total. The Morgan fingerprint density at radius 2 is 1.65 bits per heavy atom. The van der Waals surface area contributed by atoms with Crippen molar-refractivity contribution in [2.75, 3.05) is 19.6 Å². The molecule has 7 rings (SSSR count). The molecule has 0 unspecified atom stereocenters. The first kappa shape index (κ1) is 27.7. The summed E-state index contributed by atoms with van der Waals surface area (Å²) in [5, 5.41) is 20.3. The van der Waals surface area contributed by atoms with Crippen molar-refractivity contribution in [1.29, 1.82) is 0 Å². The van der Waals surface area contributed by atoms with Crippen molar-refractivity contribution < 1.29 is 33.0 Å². The normalized spacial score (nSPS) is 21.9. The van der Waals surface area contributed by atoms with Gasteiger partial charge in [-0.15, -0.1) is 0 Å². The quantitative estimate of drug-likeness (QED) is 0.268. The summed E-state index contributed by atoms with van der Waals surface area (Å²) < 4.78 is 27.1. The van der Waals surface area contributed by atoms with Crippen LogP contribution in [0.5, 0.6) is 0 Å². The van der Waals surface area contributed by atoms with E-state index in [1.54, 1.807) is 18.3 Å². The number of nitrogens with zero attached hydrogens (tertiary/aromatic N) is 2. The van der Waals surface area contributed by atoms with E-state index in [0.29, 0.717) is 30.2 Å². The van der Waals surface area contributed by atoms with E-state index in [9.17, 15) is 9.50 Å². The number of carbonyl (C=O) groups is 1. The second kappa shape index (κ2) is 12.1. The molecule has 0 aliphatic carbocycles.